The molecule has 2 aliphatic heterocycles. The fourth-order valence-electron chi connectivity index (χ4n) is 3.08. The summed E-state index contributed by atoms with van der Waals surface area (Å²) in [4.78, 5) is 2.42. The van der Waals surface area contributed by atoms with E-state index in [4.69, 9.17) is 11.6 Å². The number of fused-ring (bicyclic) bond motifs is 2. The second-order valence-corrected chi connectivity index (χ2v) is 5.87. The average molecular weight is 267 g/mol. The Labute approximate surface area is 113 Å². The van der Waals surface area contributed by atoms with Gasteiger partial charge in [-0.3, -0.25) is 4.90 Å². The lowest BCUT2D eigenvalue weighted by Gasteiger charge is -2.24. The van der Waals surface area contributed by atoms with Crippen molar-refractivity contribution in [2.45, 2.75) is 37.9 Å². The third-order valence-electron chi connectivity index (χ3n) is 4.04. The topological polar surface area (TPSA) is 35.5 Å². The van der Waals surface area contributed by atoms with Gasteiger partial charge in [0.2, 0.25) is 0 Å². The Bertz CT molecular complexity index is 438. The molecule has 2 heterocycles. The molecular formula is C14H19ClN2O. The highest BCUT2D eigenvalue weighted by Crippen LogP contribution is 2.26. The van der Waals surface area contributed by atoms with Crippen molar-refractivity contribution in [1.82, 2.24) is 10.2 Å². The van der Waals surface area contributed by atoms with Crippen molar-refractivity contribution in [3.8, 4) is 5.75 Å². The summed E-state index contributed by atoms with van der Waals surface area (Å²) in [5.41, 5.74) is 0.931. The molecule has 3 rings (SSSR count). The van der Waals surface area contributed by atoms with Gasteiger partial charge in [0.05, 0.1) is 0 Å². The monoisotopic (exact) mass is 266 g/mol. The molecule has 2 saturated heterocycles. The molecule has 3 nitrogen and oxygen atoms in total. The number of aromatic hydroxyl groups is 1. The molecule has 18 heavy (non-hydrogen) atoms. The van der Waals surface area contributed by atoms with E-state index < -0.39 is 0 Å². The summed E-state index contributed by atoms with van der Waals surface area (Å²) in [5.74, 6) is 0.349. The van der Waals surface area contributed by atoms with E-state index in [0.29, 0.717) is 22.9 Å². The number of nitrogens with zero attached hydrogens (tertiary/aromatic N) is 1. The van der Waals surface area contributed by atoms with Crippen LogP contribution in [0.15, 0.2) is 18.2 Å². The zero-order valence-corrected chi connectivity index (χ0v) is 11.2. The third kappa shape index (κ3) is 2.63. The van der Waals surface area contributed by atoms with Crippen LogP contribution in [0.25, 0.3) is 0 Å². The second-order valence-electron chi connectivity index (χ2n) is 5.43. The van der Waals surface area contributed by atoms with Crippen LogP contribution in [-0.4, -0.2) is 35.2 Å². The van der Waals surface area contributed by atoms with E-state index in [0.717, 1.165) is 25.2 Å². The Hall–Kier alpha value is -0.770. The Morgan fingerprint density at radius 1 is 1.28 bits per heavy atom. The molecule has 0 aliphatic carbocycles. The van der Waals surface area contributed by atoms with Crippen LogP contribution < -0.4 is 5.32 Å². The van der Waals surface area contributed by atoms with Gasteiger partial charge in [-0.25, -0.2) is 0 Å². The molecule has 0 saturated carbocycles. The first-order valence-corrected chi connectivity index (χ1v) is 7.04. The van der Waals surface area contributed by atoms with E-state index in [1.54, 1.807) is 12.1 Å². The first-order valence-electron chi connectivity index (χ1n) is 6.66. The zero-order chi connectivity index (χ0) is 12.5. The zero-order valence-electron chi connectivity index (χ0n) is 10.4. The van der Waals surface area contributed by atoms with Gasteiger partial charge in [0, 0.05) is 42.3 Å². The third-order valence-corrected chi connectivity index (χ3v) is 4.28. The van der Waals surface area contributed by atoms with Crippen LogP contribution in [-0.2, 0) is 6.54 Å². The van der Waals surface area contributed by atoms with E-state index in [-0.39, 0.29) is 0 Å². The number of likely N-dealkylation sites (tertiary alicyclic amines) is 1. The summed E-state index contributed by atoms with van der Waals surface area (Å²) >= 11 is 5.99. The van der Waals surface area contributed by atoms with Crippen molar-refractivity contribution < 1.29 is 5.11 Å². The van der Waals surface area contributed by atoms with Gasteiger partial charge in [-0.05, 0) is 37.5 Å². The molecule has 1 aromatic rings. The van der Waals surface area contributed by atoms with Crippen LogP contribution >= 0.6 is 11.6 Å². The normalized spacial score (nSPS) is 28.3. The quantitative estimate of drug-likeness (QED) is 0.863. The summed E-state index contributed by atoms with van der Waals surface area (Å²) in [7, 11) is 0. The van der Waals surface area contributed by atoms with E-state index >= 15 is 0 Å². The number of phenolic OH excluding ortho intramolecular Hbond substituents is 1. The van der Waals surface area contributed by atoms with Crippen LogP contribution in [0.2, 0.25) is 5.02 Å². The number of hydrogen-bond donors (Lipinski definition) is 2. The molecule has 1 aromatic carbocycles. The molecule has 0 radical (unpaired) electrons. The molecule has 2 unspecified atom stereocenters. The number of benzene rings is 1. The molecule has 98 valence electrons. The SMILES string of the molecule is Oc1ccc(Cl)cc1CN1CCC2CCC(C1)N2. The van der Waals surface area contributed by atoms with Gasteiger partial charge in [-0.2, -0.15) is 0 Å². The lowest BCUT2D eigenvalue weighted by atomic mass is 10.1. The highest BCUT2D eigenvalue weighted by atomic mass is 35.5. The Morgan fingerprint density at radius 3 is 3.00 bits per heavy atom. The summed E-state index contributed by atoms with van der Waals surface area (Å²) in [6.45, 7) is 2.96. The van der Waals surface area contributed by atoms with Gasteiger partial charge in [0.25, 0.3) is 0 Å². The molecule has 4 heteroatoms. The standard InChI is InChI=1S/C14H19ClN2O/c15-11-1-4-14(18)10(7-11)8-17-6-5-12-2-3-13(9-17)16-12/h1,4,7,12-13,16,18H,2-3,5-6,8-9H2. The highest BCUT2D eigenvalue weighted by Gasteiger charge is 2.29. The van der Waals surface area contributed by atoms with E-state index in [9.17, 15) is 5.11 Å². The molecule has 2 bridgehead atoms. The van der Waals surface area contributed by atoms with Crippen LogP contribution in [0, 0.1) is 0 Å². The van der Waals surface area contributed by atoms with E-state index in [1.165, 1.54) is 19.3 Å². The Kier molecular flexibility index (Phi) is 3.46. The van der Waals surface area contributed by atoms with Gasteiger partial charge >= 0.3 is 0 Å². The van der Waals surface area contributed by atoms with E-state index in [2.05, 4.69) is 10.2 Å². The Balaban J connectivity index is 1.70. The van der Waals surface area contributed by atoms with Crippen molar-refractivity contribution in [3.05, 3.63) is 28.8 Å². The molecule has 2 aliphatic rings. The van der Waals surface area contributed by atoms with Crippen molar-refractivity contribution in [2.75, 3.05) is 13.1 Å². The minimum absolute atomic E-state index is 0.349. The molecule has 0 amide bonds. The fourth-order valence-corrected chi connectivity index (χ4v) is 3.28. The molecule has 0 aromatic heterocycles. The van der Waals surface area contributed by atoms with Crippen molar-refractivity contribution >= 4 is 11.6 Å². The minimum atomic E-state index is 0.349. The van der Waals surface area contributed by atoms with E-state index in [1.807, 2.05) is 6.07 Å². The molecule has 0 spiro atoms. The number of phenols is 1. The highest BCUT2D eigenvalue weighted by molar-refractivity contribution is 6.30. The first kappa shape index (κ1) is 12.3. The van der Waals surface area contributed by atoms with Crippen molar-refractivity contribution in [3.63, 3.8) is 0 Å². The second kappa shape index (κ2) is 5.08. The number of hydrogen-bond acceptors (Lipinski definition) is 3. The smallest absolute Gasteiger partial charge is 0.120 e. The van der Waals surface area contributed by atoms with Gasteiger partial charge in [-0.1, -0.05) is 11.6 Å². The summed E-state index contributed by atoms with van der Waals surface area (Å²) < 4.78 is 0. The Morgan fingerprint density at radius 2 is 2.11 bits per heavy atom. The maximum absolute atomic E-state index is 9.87. The summed E-state index contributed by atoms with van der Waals surface area (Å²) in [6.07, 6.45) is 3.81. The molecule has 2 N–H and O–H groups in total. The van der Waals surface area contributed by atoms with Gasteiger partial charge < -0.3 is 10.4 Å². The van der Waals surface area contributed by atoms with Crippen molar-refractivity contribution in [2.24, 2.45) is 0 Å². The van der Waals surface area contributed by atoms with Gasteiger partial charge in [-0.15, -0.1) is 0 Å². The largest absolute Gasteiger partial charge is 0.508 e. The maximum atomic E-state index is 9.87. The predicted octanol–water partition coefficient (Wildman–Crippen LogP) is 2.37. The minimum Gasteiger partial charge on any atom is -0.508 e. The van der Waals surface area contributed by atoms with Crippen LogP contribution in [0.5, 0.6) is 5.75 Å². The van der Waals surface area contributed by atoms with Crippen LogP contribution in [0.4, 0.5) is 0 Å². The van der Waals surface area contributed by atoms with Gasteiger partial charge in [0.15, 0.2) is 0 Å². The molecule has 2 fully saturated rings. The maximum Gasteiger partial charge on any atom is 0.120 e. The molecule has 2 atom stereocenters. The lowest BCUT2D eigenvalue weighted by molar-refractivity contribution is 0.248. The number of halogens is 1. The lowest BCUT2D eigenvalue weighted by Crippen LogP contribution is -2.34. The predicted molar refractivity (Wildman–Crippen MR) is 73.0 cm³/mol. The van der Waals surface area contributed by atoms with Crippen LogP contribution in [0.1, 0.15) is 24.8 Å². The average Bonchev–Trinajstić information content (AvgIpc) is 2.67. The van der Waals surface area contributed by atoms with Gasteiger partial charge in [0.1, 0.15) is 5.75 Å². The molecular weight excluding hydrogens is 248 g/mol. The summed E-state index contributed by atoms with van der Waals surface area (Å²) in [6, 6.07) is 6.60. The fraction of sp³-hybridized carbons (Fsp3) is 0.571. The number of rotatable bonds is 2. The van der Waals surface area contributed by atoms with Crippen LogP contribution in [0.3, 0.4) is 0 Å². The van der Waals surface area contributed by atoms with Crippen molar-refractivity contribution in [1.29, 1.82) is 0 Å². The summed E-state index contributed by atoms with van der Waals surface area (Å²) in [5, 5.41) is 14.2. The number of nitrogens with one attached hydrogen (secondary N) is 1. The first-order chi connectivity index (χ1) is 8.70.